The van der Waals surface area contributed by atoms with Crippen LogP contribution < -0.4 is 0 Å². The number of carbonyl (C=O) groups is 1. The van der Waals surface area contributed by atoms with Gasteiger partial charge in [-0.05, 0) is 25.0 Å². The van der Waals surface area contributed by atoms with E-state index >= 15 is 0 Å². The third-order valence-electron chi connectivity index (χ3n) is 2.32. The molecular formula is C10H19NO2S. The Hall–Kier alpha value is -0.220. The van der Waals surface area contributed by atoms with Gasteiger partial charge in [-0.3, -0.25) is 4.79 Å². The summed E-state index contributed by atoms with van der Waals surface area (Å²) in [5.41, 5.74) is 0. The summed E-state index contributed by atoms with van der Waals surface area (Å²) < 4.78 is 0. The smallest absolute Gasteiger partial charge is 0.232 e. The van der Waals surface area contributed by atoms with Crippen LogP contribution >= 0.6 is 11.8 Å². The number of hydrogen-bond acceptors (Lipinski definition) is 3. The molecule has 0 bridgehead atoms. The molecule has 1 rings (SSSR count). The van der Waals surface area contributed by atoms with Crippen LogP contribution in [0.5, 0.6) is 0 Å². The van der Waals surface area contributed by atoms with Gasteiger partial charge in [0, 0.05) is 13.1 Å². The van der Waals surface area contributed by atoms with Crippen molar-refractivity contribution >= 4 is 17.7 Å². The average molecular weight is 217 g/mol. The van der Waals surface area contributed by atoms with E-state index in [1.54, 1.807) is 16.7 Å². The number of likely N-dealkylation sites (tertiary alicyclic amines) is 1. The Bertz CT molecular complexity index is 187. The zero-order valence-electron chi connectivity index (χ0n) is 8.74. The van der Waals surface area contributed by atoms with Crippen molar-refractivity contribution in [1.82, 2.24) is 4.90 Å². The summed E-state index contributed by atoms with van der Waals surface area (Å²) in [5, 5.41) is 9.40. The summed E-state index contributed by atoms with van der Waals surface area (Å²) in [4.78, 5) is 13.4. The lowest BCUT2D eigenvalue weighted by Gasteiger charge is -2.30. The third-order valence-corrected chi connectivity index (χ3v) is 3.47. The number of aliphatic hydroxyl groups excluding tert-OH is 1. The van der Waals surface area contributed by atoms with Crippen molar-refractivity contribution in [2.75, 3.05) is 24.6 Å². The molecule has 4 heteroatoms. The zero-order chi connectivity index (χ0) is 10.4. The van der Waals surface area contributed by atoms with E-state index in [0.29, 0.717) is 12.3 Å². The molecule has 1 unspecified atom stereocenters. The fourth-order valence-electron chi connectivity index (χ4n) is 1.58. The van der Waals surface area contributed by atoms with Crippen molar-refractivity contribution < 1.29 is 9.90 Å². The van der Waals surface area contributed by atoms with Gasteiger partial charge in [-0.2, -0.15) is 11.8 Å². The van der Waals surface area contributed by atoms with Crippen LogP contribution in [0.4, 0.5) is 0 Å². The van der Waals surface area contributed by atoms with E-state index in [0.717, 1.165) is 31.6 Å². The summed E-state index contributed by atoms with van der Waals surface area (Å²) in [6.45, 7) is 3.47. The maximum Gasteiger partial charge on any atom is 0.232 e. The second-order valence-electron chi connectivity index (χ2n) is 3.69. The van der Waals surface area contributed by atoms with Crippen molar-refractivity contribution in [3.05, 3.63) is 0 Å². The molecule has 0 radical (unpaired) electrons. The Kier molecular flexibility index (Phi) is 5.33. The molecule has 0 aromatic rings. The molecular weight excluding hydrogens is 198 g/mol. The van der Waals surface area contributed by atoms with Crippen LogP contribution in [-0.2, 0) is 4.79 Å². The summed E-state index contributed by atoms with van der Waals surface area (Å²) in [5.74, 6) is 1.80. The predicted molar refractivity (Wildman–Crippen MR) is 59.4 cm³/mol. The Morgan fingerprint density at radius 3 is 3.07 bits per heavy atom. The van der Waals surface area contributed by atoms with Crippen LogP contribution in [0.2, 0.25) is 0 Å². The van der Waals surface area contributed by atoms with Crippen molar-refractivity contribution in [1.29, 1.82) is 0 Å². The number of β-amino-alcohol motifs (C(OH)–C–C–N with tert-alkyl or cyclic N) is 1. The maximum absolute atomic E-state index is 11.6. The third kappa shape index (κ3) is 3.88. The zero-order valence-corrected chi connectivity index (χ0v) is 9.55. The van der Waals surface area contributed by atoms with Crippen LogP contribution in [0.3, 0.4) is 0 Å². The molecule has 0 aliphatic carbocycles. The highest BCUT2D eigenvalue weighted by atomic mass is 32.2. The molecule has 1 heterocycles. The molecule has 1 saturated heterocycles. The average Bonchev–Trinajstić information content (AvgIpc) is 2.18. The number of carbonyl (C=O) groups excluding carboxylic acids is 1. The largest absolute Gasteiger partial charge is 0.391 e. The standard InChI is InChI=1S/C10H19NO2S/c1-2-6-14-8-10(13)11-5-3-4-9(12)7-11/h9,12H,2-8H2,1H3. The minimum absolute atomic E-state index is 0.183. The Morgan fingerprint density at radius 1 is 1.64 bits per heavy atom. The number of nitrogens with zero attached hydrogens (tertiary/aromatic N) is 1. The van der Waals surface area contributed by atoms with Gasteiger partial charge in [-0.1, -0.05) is 6.92 Å². The highest BCUT2D eigenvalue weighted by Crippen LogP contribution is 2.12. The minimum Gasteiger partial charge on any atom is -0.391 e. The first-order chi connectivity index (χ1) is 6.74. The molecule has 0 aromatic heterocycles. The summed E-state index contributed by atoms with van der Waals surface area (Å²) >= 11 is 1.68. The molecule has 3 nitrogen and oxygen atoms in total. The van der Waals surface area contributed by atoms with Gasteiger partial charge in [0.2, 0.25) is 5.91 Å². The number of piperidine rings is 1. The first kappa shape index (κ1) is 11.9. The topological polar surface area (TPSA) is 40.5 Å². The van der Waals surface area contributed by atoms with Crippen molar-refractivity contribution in [2.24, 2.45) is 0 Å². The molecule has 0 spiro atoms. The lowest BCUT2D eigenvalue weighted by Crippen LogP contribution is -2.43. The normalized spacial score (nSPS) is 22.4. The van der Waals surface area contributed by atoms with Gasteiger partial charge >= 0.3 is 0 Å². The number of amides is 1. The Morgan fingerprint density at radius 2 is 2.43 bits per heavy atom. The summed E-state index contributed by atoms with van der Waals surface area (Å²) in [6, 6.07) is 0. The Balaban J connectivity index is 2.22. The molecule has 1 N–H and O–H groups in total. The van der Waals surface area contributed by atoms with E-state index in [1.807, 2.05) is 0 Å². The molecule has 1 atom stereocenters. The van der Waals surface area contributed by atoms with Gasteiger partial charge < -0.3 is 10.0 Å². The highest BCUT2D eigenvalue weighted by Gasteiger charge is 2.21. The van der Waals surface area contributed by atoms with Gasteiger partial charge in [-0.15, -0.1) is 0 Å². The van der Waals surface area contributed by atoms with E-state index in [1.165, 1.54) is 0 Å². The summed E-state index contributed by atoms with van der Waals surface area (Å²) in [6.07, 6.45) is 2.58. The van der Waals surface area contributed by atoms with Gasteiger partial charge in [0.25, 0.3) is 0 Å². The van der Waals surface area contributed by atoms with Crippen molar-refractivity contribution in [3.63, 3.8) is 0 Å². The van der Waals surface area contributed by atoms with Gasteiger partial charge in [0.15, 0.2) is 0 Å². The first-order valence-corrected chi connectivity index (χ1v) is 6.43. The molecule has 0 aromatic carbocycles. The molecule has 1 amide bonds. The van der Waals surface area contributed by atoms with Crippen molar-refractivity contribution in [3.8, 4) is 0 Å². The van der Waals surface area contributed by atoms with Crippen LogP contribution in [0.25, 0.3) is 0 Å². The molecule has 1 aliphatic heterocycles. The molecule has 82 valence electrons. The van der Waals surface area contributed by atoms with E-state index in [4.69, 9.17) is 0 Å². The second kappa shape index (κ2) is 6.30. The molecule has 1 aliphatic rings. The highest BCUT2D eigenvalue weighted by molar-refractivity contribution is 7.99. The summed E-state index contributed by atoms with van der Waals surface area (Å²) in [7, 11) is 0. The van der Waals surface area contributed by atoms with E-state index in [2.05, 4.69) is 6.92 Å². The Labute approximate surface area is 89.9 Å². The first-order valence-electron chi connectivity index (χ1n) is 5.27. The molecule has 1 fully saturated rings. The monoisotopic (exact) mass is 217 g/mol. The van der Waals surface area contributed by atoms with E-state index in [-0.39, 0.29) is 12.0 Å². The molecule has 0 saturated carbocycles. The van der Waals surface area contributed by atoms with E-state index in [9.17, 15) is 9.90 Å². The predicted octanol–water partition coefficient (Wildman–Crippen LogP) is 1.11. The number of hydrogen-bond donors (Lipinski definition) is 1. The fourth-order valence-corrected chi connectivity index (χ4v) is 2.37. The van der Waals surface area contributed by atoms with Crippen LogP contribution in [0, 0.1) is 0 Å². The SMILES string of the molecule is CCCSCC(=O)N1CCCC(O)C1. The van der Waals surface area contributed by atoms with Crippen LogP contribution in [0.1, 0.15) is 26.2 Å². The molecule has 14 heavy (non-hydrogen) atoms. The lowest BCUT2D eigenvalue weighted by atomic mass is 10.1. The van der Waals surface area contributed by atoms with Gasteiger partial charge in [0.1, 0.15) is 0 Å². The van der Waals surface area contributed by atoms with E-state index < -0.39 is 0 Å². The number of aliphatic hydroxyl groups is 1. The van der Waals surface area contributed by atoms with Gasteiger partial charge in [0.05, 0.1) is 11.9 Å². The van der Waals surface area contributed by atoms with Crippen molar-refractivity contribution in [2.45, 2.75) is 32.3 Å². The number of rotatable bonds is 4. The van der Waals surface area contributed by atoms with Gasteiger partial charge in [-0.25, -0.2) is 0 Å². The minimum atomic E-state index is -0.302. The van der Waals surface area contributed by atoms with Crippen LogP contribution in [0.15, 0.2) is 0 Å². The lowest BCUT2D eigenvalue weighted by molar-refractivity contribution is -0.131. The second-order valence-corrected chi connectivity index (χ2v) is 4.79. The fraction of sp³-hybridized carbons (Fsp3) is 0.900. The maximum atomic E-state index is 11.6. The van der Waals surface area contributed by atoms with Crippen LogP contribution in [-0.4, -0.2) is 46.6 Å². The number of thioether (sulfide) groups is 1. The quantitative estimate of drug-likeness (QED) is 0.717.